The lowest BCUT2D eigenvalue weighted by atomic mass is 10.0. The summed E-state index contributed by atoms with van der Waals surface area (Å²) < 4.78 is 4.88. The molecule has 1 aromatic carbocycles. The first-order chi connectivity index (χ1) is 7.99. The minimum atomic E-state index is -1.08. The van der Waals surface area contributed by atoms with Gasteiger partial charge in [0, 0.05) is 17.7 Å². The molecule has 1 rings (SSSR count). The molecule has 1 aromatic rings. The standard InChI is InChI=1S/C11H12N2O4/c1-17-9-3-6(5-12)2-7(11(9)16)8(13)4-10(14)15/h2-3,8,16H,4,13H2,1H3,(H,14,15). The lowest BCUT2D eigenvalue weighted by Crippen LogP contribution is -2.15. The van der Waals surface area contributed by atoms with Crippen LogP contribution >= 0.6 is 0 Å². The van der Waals surface area contributed by atoms with E-state index in [9.17, 15) is 9.90 Å². The van der Waals surface area contributed by atoms with E-state index in [0.29, 0.717) is 0 Å². The zero-order valence-corrected chi connectivity index (χ0v) is 9.17. The highest BCUT2D eigenvalue weighted by atomic mass is 16.5. The number of hydrogen-bond donors (Lipinski definition) is 3. The molecule has 0 fully saturated rings. The van der Waals surface area contributed by atoms with Gasteiger partial charge in [-0.1, -0.05) is 0 Å². The number of nitrogens with zero attached hydrogens (tertiary/aromatic N) is 1. The van der Waals surface area contributed by atoms with Gasteiger partial charge in [0.1, 0.15) is 0 Å². The van der Waals surface area contributed by atoms with E-state index < -0.39 is 12.0 Å². The van der Waals surface area contributed by atoms with Crippen LogP contribution in [0.25, 0.3) is 0 Å². The third kappa shape index (κ3) is 2.86. The number of ether oxygens (including phenoxy) is 1. The molecule has 6 heteroatoms. The molecule has 0 spiro atoms. The van der Waals surface area contributed by atoms with Crippen LogP contribution in [0.1, 0.15) is 23.6 Å². The van der Waals surface area contributed by atoms with Gasteiger partial charge in [0.2, 0.25) is 0 Å². The normalized spacial score (nSPS) is 11.6. The van der Waals surface area contributed by atoms with Gasteiger partial charge in [-0.05, 0) is 6.07 Å². The summed E-state index contributed by atoms with van der Waals surface area (Å²) in [6.45, 7) is 0. The van der Waals surface area contributed by atoms with E-state index in [2.05, 4.69) is 0 Å². The van der Waals surface area contributed by atoms with Crippen LogP contribution in [0.3, 0.4) is 0 Å². The van der Waals surface area contributed by atoms with Gasteiger partial charge in [0.05, 0.1) is 25.2 Å². The Kier molecular flexibility index (Phi) is 3.91. The third-order valence-electron chi connectivity index (χ3n) is 2.25. The summed E-state index contributed by atoms with van der Waals surface area (Å²) in [7, 11) is 1.34. The molecule has 0 bridgehead atoms. The first-order valence-electron chi connectivity index (χ1n) is 4.78. The first kappa shape index (κ1) is 12.8. The number of nitrogens with two attached hydrogens (primary N) is 1. The summed E-state index contributed by atoms with van der Waals surface area (Å²) in [5, 5.41) is 27.2. The van der Waals surface area contributed by atoms with Crippen molar-refractivity contribution in [2.75, 3.05) is 7.11 Å². The smallest absolute Gasteiger partial charge is 0.305 e. The molecule has 0 saturated heterocycles. The number of carboxylic acids is 1. The predicted molar refractivity (Wildman–Crippen MR) is 58.6 cm³/mol. The Morgan fingerprint density at radius 2 is 2.29 bits per heavy atom. The molecule has 0 saturated carbocycles. The molecule has 90 valence electrons. The minimum Gasteiger partial charge on any atom is -0.504 e. The quantitative estimate of drug-likeness (QED) is 0.710. The summed E-state index contributed by atoms with van der Waals surface area (Å²) in [5.41, 5.74) is 6.07. The summed E-state index contributed by atoms with van der Waals surface area (Å²) in [6.07, 6.45) is -0.342. The Balaban J connectivity index is 3.22. The molecule has 17 heavy (non-hydrogen) atoms. The monoisotopic (exact) mass is 236 g/mol. The second-order valence-electron chi connectivity index (χ2n) is 3.43. The highest BCUT2D eigenvalue weighted by Gasteiger charge is 2.18. The lowest BCUT2D eigenvalue weighted by molar-refractivity contribution is -0.137. The Bertz CT molecular complexity index is 479. The number of methoxy groups -OCH3 is 1. The summed E-state index contributed by atoms with van der Waals surface area (Å²) in [4.78, 5) is 10.5. The van der Waals surface area contributed by atoms with Crippen molar-refractivity contribution in [3.63, 3.8) is 0 Å². The molecule has 4 N–H and O–H groups in total. The number of phenolic OH excluding ortho intramolecular Hbond substituents is 1. The fraction of sp³-hybridized carbons (Fsp3) is 0.273. The van der Waals surface area contributed by atoms with Crippen molar-refractivity contribution in [1.29, 1.82) is 5.26 Å². The predicted octanol–water partition coefficient (Wildman–Crippen LogP) is 0.747. The molecule has 6 nitrogen and oxygen atoms in total. The van der Waals surface area contributed by atoms with Crippen LogP contribution in [0.15, 0.2) is 12.1 Å². The van der Waals surface area contributed by atoms with E-state index in [1.54, 1.807) is 0 Å². The fourth-order valence-corrected chi connectivity index (χ4v) is 1.43. The van der Waals surface area contributed by atoms with E-state index >= 15 is 0 Å². The van der Waals surface area contributed by atoms with Crippen LogP contribution in [0.2, 0.25) is 0 Å². The molecular formula is C11H12N2O4. The zero-order valence-electron chi connectivity index (χ0n) is 9.17. The SMILES string of the molecule is COc1cc(C#N)cc(C(N)CC(=O)O)c1O. The maximum atomic E-state index is 10.5. The van der Waals surface area contributed by atoms with Gasteiger partial charge < -0.3 is 20.7 Å². The number of aromatic hydroxyl groups is 1. The number of phenols is 1. The number of hydrogen-bond acceptors (Lipinski definition) is 5. The molecule has 0 aliphatic heterocycles. The lowest BCUT2D eigenvalue weighted by Gasteiger charge is -2.14. The van der Waals surface area contributed by atoms with Gasteiger partial charge >= 0.3 is 5.97 Å². The number of aliphatic carboxylic acids is 1. The van der Waals surface area contributed by atoms with Crippen LogP contribution in [-0.4, -0.2) is 23.3 Å². The van der Waals surface area contributed by atoms with Crippen molar-refractivity contribution in [2.45, 2.75) is 12.5 Å². The second-order valence-corrected chi connectivity index (χ2v) is 3.43. The first-order valence-corrected chi connectivity index (χ1v) is 4.78. The Hall–Kier alpha value is -2.26. The maximum Gasteiger partial charge on any atom is 0.305 e. The number of nitriles is 1. The van der Waals surface area contributed by atoms with E-state index in [4.69, 9.17) is 20.8 Å². The van der Waals surface area contributed by atoms with Crippen molar-refractivity contribution in [2.24, 2.45) is 5.73 Å². The molecule has 1 atom stereocenters. The third-order valence-corrected chi connectivity index (χ3v) is 2.25. The van der Waals surface area contributed by atoms with Gasteiger partial charge in [-0.3, -0.25) is 4.79 Å². The van der Waals surface area contributed by atoms with Crippen molar-refractivity contribution in [3.05, 3.63) is 23.3 Å². The molecule has 0 heterocycles. The summed E-state index contributed by atoms with van der Waals surface area (Å²) >= 11 is 0. The topological polar surface area (TPSA) is 117 Å². The Morgan fingerprint density at radius 3 is 2.76 bits per heavy atom. The molecule has 0 aliphatic rings. The largest absolute Gasteiger partial charge is 0.504 e. The van der Waals surface area contributed by atoms with Crippen LogP contribution in [0, 0.1) is 11.3 Å². The van der Waals surface area contributed by atoms with Crippen LogP contribution in [0.4, 0.5) is 0 Å². The zero-order chi connectivity index (χ0) is 13.0. The number of carboxylic acid groups (broad SMARTS) is 1. The molecule has 0 radical (unpaired) electrons. The highest BCUT2D eigenvalue weighted by Crippen LogP contribution is 2.35. The van der Waals surface area contributed by atoms with Gasteiger partial charge in [0.15, 0.2) is 11.5 Å². The number of benzene rings is 1. The van der Waals surface area contributed by atoms with Crippen LogP contribution < -0.4 is 10.5 Å². The van der Waals surface area contributed by atoms with Crippen molar-refractivity contribution in [1.82, 2.24) is 0 Å². The summed E-state index contributed by atoms with van der Waals surface area (Å²) in [6, 6.07) is 3.70. The summed E-state index contributed by atoms with van der Waals surface area (Å²) in [5.74, 6) is -1.22. The fourth-order valence-electron chi connectivity index (χ4n) is 1.43. The minimum absolute atomic E-state index is 0.0971. The average molecular weight is 236 g/mol. The van der Waals surface area contributed by atoms with E-state index in [0.717, 1.165) is 0 Å². The maximum absolute atomic E-state index is 10.5. The highest BCUT2D eigenvalue weighted by molar-refractivity contribution is 5.68. The van der Waals surface area contributed by atoms with Crippen molar-refractivity contribution in [3.8, 4) is 17.6 Å². The van der Waals surface area contributed by atoms with Crippen molar-refractivity contribution >= 4 is 5.97 Å². The van der Waals surface area contributed by atoms with Crippen molar-refractivity contribution < 1.29 is 19.7 Å². The second kappa shape index (κ2) is 5.18. The van der Waals surface area contributed by atoms with Gasteiger partial charge in [-0.15, -0.1) is 0 Å². The molecule has 1 unspecified atom stereocenters. The molecular weight excluding hydrogens is 224 g/mol. The molecule has 0 aromatic heterocycles. The van der Waals surface area contributed by atoms with Gasteiger partial charge in [-0.2, -0.15) is 5.26 Å². The average Bonchev–Trinajstić information content (AvgIpc) is 2.28. The Morgan fingerprint density at radius 1 is 1.65 bits per heavy atom. The van der Waals surface area contributed by atoms with Crippen LogP contribution in [0.5, 0.6) is 11.5 Å². The van der Waals surface area contributed by atoms with Crippen LogP contribution in [-0.2, 0) is 4.79 Å². The van der Waals surface area contributed by atoms with E-state index in [1.807, 2.05) is 6.07 Å². The van der Waals surface area contributed by atoms with E-state index in [-0.39, 0.29) is 29.0 Å². The number of rotatable bonds is 4. The Labute approximate surface area is 97.9 Å². The van der Waals surface area contributed by atoms with Gasteiger partial charge in [-0.25, -0.2) is 0 Å². The number of carbonyl (C=O) groups is 1. The van der Waals surface area contributed by atoms with Gasteiger partial charge in [0.25, 0.3) is 0 Å². The molecule has 0 aliphatic carbocycles. The molecule has 0 amide bonds. The van der Waals surface area contributed by atoms with E-state index in [1.165, 1.54) is 19.2 Å².